The van der Waals surface area contributed by atoms with Crippen LogP contribution in [0.15, 0.2) is 30.6 Å². The number of nitrogens with one attached hydrogen (secondary N) is 1. The Balaban J connectivity index is 2.28. The third kappa shape index (κ3) is 1.62. The number of aromatic amines is 1. The van der Waals surface area contributed by atoms with Crippen molar-refractivity contribution in [1.82, 2.24) is 15.2 Å². The van der Waals surface area contributed by atoms with Gasteiger partial charge in [0.15, 0.2) is 5.82 Å². The van der Waals surface area contributed by atoms with Crippen LogP contribution in [0, 0.1) is 5.82 Å². The molecule has 0 spiro atoms. The predicted molar refractivity (Wildman–Crippen MR) is 46.8 cm³/mol. The average molecular weight is 193 g/mol. The molecule has 0 saturated carbocycles. The van der Waals surface area contributed by atoms with E-state index in [1.807, 2.05) is 0 Å². The van der Waals surface area contributed by atoms with E-state index in [0.717, 1.165) is 0 Å². The van der Waals surface area contributed by atoms with Crippen molar-refractivity contribution in [3.8, 4) is 0 Å². The van der Waals surface area contributed by atoms with Crippen LogP contribution in [-0.4, -0.2) is 20.3 Å². The second-order valence-electron chi connectivity index (χ2n) is 2.82. The molecule has 0 unspecified atom stereocenters. The van der Waals surface area contributed by atoms with Gasteiger partial charge in [-0.25, -0.2) is 9.37 Å². The second-order valence-corrected chi connectivity index (χ2v) is 2.82. The van der Waals surface area contributed by atoms with Gasteiger partial charge in [0.05, 0.1) is 0 Å². The number of aliphatic hydroxyl groups is 1. The van der Waals surface area contributed by atoms with E-state index in [1.54, 1.807) is 0 Å². The van der Waals surface area contributed by atoms with Gasteiger partial charge in [0.25, 0.3) is 0 Å². The van der Waals surface area contributed by atoms with Crippen LogP contribution >= 0.6 is 0 Å². The van der Waals surface area contributed by atoms with Crippen LogP contribution in [0.2, 0.25) is 0 Å². The minimum atomic E-state index is -0.891. The molecule has 4 nitrogen and oxygen atoms in total. The lowest BCUT2D eigenvalue weighted by Gasteiger charge is -2.06. The van der Waals surface area contributed by atoms with Crippen LogP contribution < -0.4 is 0 Å². The van der Waals surface area contributed by atoms with Crippen LogP contribution in [-0.2, 0) is 0 Å². The van der Waals surface area contributed by atoms with Crippen molar-refractivity contribution in [3.05, 3.63) is 47.8 Å². The molecule has 2 aromatic rings. The highest BCUT2D eigenvalue weighted by atomic mass is 19.1. The maximum Gasteiger partial charge on any atom is 0.157 e. The number of aliphatic hydroxyl groups excluding tert-OH is 1. The molecule has 14 heavy (non-hydrogen) atoms. The summed E-state index contributed by atoms with van der Waals surface area (Å²) in [4.78, 5) is 3.80. The maximum atomic E-state index is 12.6. The number of benzene rings is 1. The molecule has 0 aliphatic rings. The monoisotopic (exact) mass is 193 g/mol. The van der Waals surface area contributed by atoms with Gasteiger partial charge in [-0.3, -0.25) is 5.10 Å². The molecule has 5 heteroatoms. The normalized spacial score (nSPS) is 12.7. The number of H-pyrrole nitrogens is 1. The van der Waals surface area contributed by atoms with Crippen LogP contribution in [0.5, 0.6) is 0 Å². The van der Waals surface area contributed by atoms with Crippen molar-refractivity contribution in [2.24, 2.45) is 0 Å². The van der Waals surface area contributed by atoms with E-state index in [9.17, 15) is 9.50 Å². The Hall–Kier alpha value is -1.75. The van der Waals surface area contributed by atoms with Crippen molar-refractivity contribution >= 4 is 0 Å². The highest BCUT2D eigenvalue weighted by Crippen LogP contribution is 2.17. The summed E-state index contributed by atoms with van der Waals surface area (Å²) < 4.78 is 12.6. The molecule has 1 atom stereocenters. The molecule has 1 heterocycles. The summed E-state index contributed by atoms with van der Waals surface area (Å²) in [5, 5.41) is 15.9. The standard InChI is InChI=1S/C9H8FN3O/c10-7-3-1-6(2-4-7)8(14)9-11-5-12-13-9/h1-5,8,14H,(H,11,12,13)/t8-/m0/s1. The van der Waals surface area contributed by atoms with E-state index in [1.165, 1.54) is 30.6 Å². The van der Waals surface area contributed by atoms with E-state index in [4.69, 9.17) is 0 Å². The summed E-state index contributed by atoms with van der Waals surface area (Å²) in [5.74, 6) is 0.00938. The predicted octanol–water partition coefficient (Wildman–Crippen LogP) is 1.03. The smallest absolute Gasteiger partial charge is 0.157 e. The first-order valence-electron chi connectivity index (χ1n) is 4.06. The summed E-state index contributed by atoms with van der Waals surface area (Å²) in [5.41, 5.74) is 0.572. The first-order valence-corrected chi connectivity index (χ1v) is 4.06. The van der Waals surface area contributed by atoms with Crippen molar-refractivity contribution in [2.45, 2.75) is 6.10 Å². The fourth-order valence-corrected chi connectivity index (χ4v) is 1.15. The number of halogens is 1. The van der Waals surface area contributed by atoms with Crippen LogP contribution in [0.4, 0.5) is 4.39 Å². The minimum Gasteiger partial charge on any atom is -0.380 e. The fraction of sp³-hybridized carbons (Fsp3) is 0.111. The van der Waals surface area contributed by atoms with Gasteiger partial charge in [-0.1, -0.05) is 12.1 Å². The molecule has 1 aromatic heterocycles. The van der Waals surface area contributed by atoms with Crippen LogP contribution in [0.3, 0.4) is 0 Å². The Bertz CT molecular complexity index is 399. The molecule has 0 aliphatic carbocycles. The molecular formula is C9H8FN3O. The van der Waals surface area contributed by atoms with Crippen molar-refractivity contribution in [2.75, 3.05) is 0 Å². The second kappa shape index (κ2) is 3.55. The quantitative estimate of drug-likeness (QED) is 0.748. The molecule has 0 amide bonds. The van der Waals surface area contributed by atoms with E-state index < -0.39 is 6.10 Å². The lowest BCUT2D eigenvalue weighted by Crippen LogP contribution is -2.01. The molecule has 0 radical (unpaired) electrons. The van der Waals surface area contributed by atoms with Gasteiger partial charge in [-0.15, -0.1) is 0 Å². The SMILES string of the molecule is O[C@@H](c1ccc(F)cc1)c1ncn[nH]1. The first kappa shape index (κ1) is 8.83. The van der Waals surface area contributed by atoms with Gasteiger partial charge in [-0.05, 0) is 17.7 Å². The van der Waals surface area contributed by atoms with Gasteiger partial charge in [0.2, 0.25) is 0 Å². The van der Waals surface area contributed by atoms with Gasteiger partial charge >= 0.3 is 0 Å². The number of nitrogens with zero attached hydrogens (tertiary/aromatic N) is 2. The van der Waals surface area contributed by atoms with Crippen molar-refractivity contribution in [3.63, 3.8) is 0 Å². The van der Waals surface area contributed by atoms with Crippen LogP contribution in [0.25, 0.3) is 0 Å². The maximum absolute atomic E-state index is 12.6. The highest BCUT2D eigenvalue weighted by molar-refractivity contribution is 5.22. The average Bonchev–Trinajstić information content (AvgIpc) is 2.71. The van der Waals surface area contributed by atoms with Gasteiger partial charge in [0.1, 0.15) is 18.2 Å². The Labute approximate surface area is 79.4 Å². The Kier molecular flexibility index (Phi) is 2.24. The summed E-state index contributed by atoms with van der Waals surface area (Å²) in [6, 6.07) is 5.58. The fourth-order valence-electron chi connectivity index (χ4n) is 1.15. The number of rotatable bonds is 2. The van der Waals surface area contributed by atoms with Crippen molar-refractivity contribution < 1.29 is 9.50 Å². The summed E-state index contributed by atoms with van der Waals surface area (Å²) in [6.45, 7) is 0. The largest absolute Gasteiger partial charge is 0.380 e. The molecule has 1 aromatic carbocycles. The highest BCUT2D eigenvalue weighted by Gasteiger charge is 2.12. The van der Waals surface area contributed by atoms with Gasteiger partial charge in [-0.2, -0.15) is 5.10 Å². The molecule has 0 saturated heterocycles. The third-order valence-corrected chi connectivity index (χ3v) is 1.88. The number of hydrogen-bond acceptors (Lipinski definition) is 3. The molecule has 0 fully saturated rings. The Morgan fingerprint density at radius 1 is 1.29 bits per heavy atom. The first-order chi connectivity index (χ1) is 6.77. The molecule has 0 bridgehead atoms. The van der Waals surface area contributed by atoms with Crippen molar-refractivity contribution in [1.29, 1.82) is 0 Å². The number of aromatic nitrogens is 3. The molecule has 2 rings (SSSR count). The zero-order valence-corrected chi connectivity index (χ0v) is 7.18. The molecule has 0 aliphatic heterocycles. The summed E-state index contributed by atoms with van der Waals surface area (Å²) in [6.07, 6.45) is 0.417. The summed E-state index contributed by atoms with van der Waals surface area (Å²) >= 11 is 0. The number of hydrogen-bond donors (Lipinski definition) is 2. The zero-order chi connectivity index (χ0) is 9.97. The van der Waals surface area contributed by atoms with Gasteiger partial charge < -0.3 is 5.11 Å². The lowest BCUT2D eigenvalue weighted by molar-refractivity contribution is 0.210. The third-order valence-electron chi connectivity index (χ3n) is 1.88. The molecular weight excluding hydrogens is 185 g/mol. The Morgan fingerprint density at radius 3 is 2.57 bits per heavy atom. The molecule has 2 N–H and O–H groups in total. The topological polar surface area (TPSA) is 61.8 Å². The summed E-state index contributed by atoms with van der Waals surface area (Å²) in [7, 11) is 0. The Morgan fingerprint density at radius 2 is 2.00 bits per heavy atom. The minimum absolute atomic E-state index is 0.335. The lowest BCUT2D eigenvalue weighted by atomic mass is 10.1. The van der Waals surface area contributed by atoms with E-state index in [0.29, 0.717) is 11.4 Å². The van der Waals surface area contributed by atoms with Gasteiger partial charge in [0, 0.05) is 0 Å². The van der Waals surface area contributed by atoms with E-state index >= 15 is 0 Å². The van der Waals surface area contributed by atoms with Crippen LogP contribution in [0.1, 0.15) is 17.5 Å². The zero-order valence-electron chi connectivity index (χ0n) is 7.18. The van der Waals surface area contributed by atoms with E-state index in [-0.39, 0.29) is 5.82 Å². The molecule has 72 valence electrons. The van der Waals surface area contributed by atoms with E-state index in [2.05, 4.69) is 15.2 Å².